The third-order valence-corrected chi connectivity index (χ3v) is 5.94. The number of rotatable bonds is 23. The van der Waals surface area contributed by atoms with Crippen LogP contribution in [0.2, 0.25) is 0 Å². The summed E-state index contributed by atoms with van der Waals surface area (Å²) in [7, 11) is 0. The molecule has 0 atom stereocenters. The van der Waals surface area contributed by atoms with Gasteiger partial charge in [0.1, 0.15) is 5.75 Å². The first-order valence-corrected chi connectivity index (χ1v) is 13.6. The second-order valence-electron chi connectivity index (χ2n) is 9.13. The molecule has 0 aliphatic rings. The largest absolute Gasteiger partial charge is 0.427 e. The Morgan fingerprint density at radius 1 is 0.686 bits per heavy atom. The van der Waals surface area contributed by atoms with E-state index >= 15 is 0 Å². The van der Waals surface area contributed by atoms with Crippen molar-refractivity contribution in [1.82, 2.24) is 5.48 Å². The maximum Gasteiger partial charge on any atom is 0.324 e. The minimum atomic E-state index is -0.202. The normalized spacial score (nSPS) is 10.6. The number of carbonyl (C=O) groups excluding carboxylic acids is 2. The van der Waals surface area contributed by atoms with Crippen molar-refractivity contribution in [2.75, 3.05) is 6.54 Å². The van der Waals surface area contributed by atoms with Gasteiger partial charge in [0.05, 0.1) is 0 Å². The molecule has 0 aliphatic heterocycles. The zero-order valence-corrected chi connectivity index (χ0v) is 21.7. The van der Waals surface area contributed by atoms with E-state index in [4.69, 9.17) is 9.57 Å². The van der Waals surface area contributed by atoms with Crippen molar-refractivity contribution in [3.63, 3.8) is 0 Å². The topological polar surface area (TPSA) is 64.6 Å². The molecule has 0 amide bonds. The fourth-order valence-electron chi connectivity index (χ4n) is 3.81. The molecule has 0 fully saturated rings. The van der Waals surface area contributed by atoms with E-state index in [9.17, 15) is 9.59 Å². The molecule has 0 bridgehead atoms. The number of esters is 1. The summed E-state index contributed by atoms with van der Waals surface area (Å²) < 4.78 is 5.43. The Labute approximate surface area is 213 Å². The Bertz CT molecular complexity index is 699. The Morgan fingerprint density at radius 2 is 1.17 bits per heavy atom. The molecular weight excluding hydrogens is 438 g/mol. The first kappa shape index (κ1) is 30.6. The molecule has 5 heteroatoms. The summed E-state index contributed by atoms with van der Waals surface area (Å²) in [5.74, 6) is 0.195. The highest BCUT2D eigenvalue weighted by Gasteiger charge is 2.06. The number of benzene rings is 1. The summed E-state index contributed by atoms with van der Waals surface area (Å²) in [6, 6.07) is 7.50. The van der Waals surface area contributed by atoms with Gasteiger partial charge in [-0.1, -0.05) is 75.7 Å². The predicted octanol–water partition coefficient (Wildman–Crippen LogP) is 7.80. The van der Waals surface area contributed by atoms with Crippen molar-refractivity contribution < 1.29 is 19.2 Å². The van der Waals surface area contributed by atoms with Crippen LogP contribution in [0.25, 0.3) is 0 Å². The van der Waals surface area contributed by atoms with Crippen molar-refractivity contribution in [1.29, 1.82) is 0 Å². The van der Waals surface area contributed by atoms with Crippen LogP contribution >= 0.6 is 0 Å². The van der Waals surface area contributed by atoms with Crippen LogP contribution < -0.4 is 10.2 Å². The van der Waals surface area contributed by atoms with Gasteiger partial charge in [0.25, 0.3) is 0 Å². The minimum Gasteiger partial charge on any atom is -0.427 e. The Hall–Kier alpha value is -2.40. The summed E-state index contributed by atoms with van der Waals surface area (Å²) >= 11 is 0. The SMILES string of the molecule is C=CCCCCCCCCC(=O)ONCCc1ccc(OC(=O)CCCCCCCCC=C)cc1. The van der Waals surface area contributed by atoms with E-state index in [0.29, 0.717) is 25.1 Å². The van der Waals surface area contributed by atoms with Gasteiger partial charge in [0, 0.05) is 19.4 Å². The summed E-state index contributed by atoms with van der Waals surface area (Å²) in [6.45, 7) is 8.01. The number of allylic oxidation sites excluding steroid dienone is 2. The second kappa shape index (κ2) is 22.1. The van der Waals surface area contributed by atoms with E-state index in [2.05, 4.69) is 18.6 Å². The van der Waals surface area contributed by atoms with Gasteiger partial charge in [-0.2, -0.15) is 5.48 Å². The van der Waals surface area contributed by atoms with Gasteiger partial charge in [0.2, 0.25) is 0 Å². The lowest BCUT2D eigenvalue weighted by Gasteiger charge is -2.08. The van der Waals surface area contributed by atoms with E-state index in [1.165, 1.54) is 51.4 Å². The van der Waals surface area contributed by atoms with Crippen molar-refractivity contribution in [2.24, 2.45) is 0 Å². The van der Waals surface area contributed by atoms with Gasteiger partial charge < -0.3 is 9.57 Å². The van der Waals surface area contributed by atoms with Gasteiger partial charge in [-0.3, -0.25) is 9.59 Å². The van der Waals surface area contributed by atoms with Crippen LogP contribution in [-0.2, 0) is 20.8 Å². The zero-order chi connectivity index (χ0) is 25.4. The van der Waals surface area contributed by atoms with Crippen LogP contribution in [0.4, 0.5) is 0 Å². The van der Waals surface area contributed by atoms with E-state index in [-0.39, 0.29) is 11.9 Å². The van der Waals surface area contributed by atoms with E-state index in [0.717, 1.165) is 50.5 Å². The highest BCUT2D eigenvalue weighted by atomic mass is 16.7. The van der Waals surface area contributed by atoms with Crippen LogP contribution in [0.15, 0.2) is 49.6 Å². The molecule has 0 heterocycles. The Balaban J connectivity index is 2.03. The minimum absolute atomic E-state index is 0.175. The van der Waals surface area contributed by atoms with Crippen molar-refractivity contribution in [3.8, 4) is 5.75 Å². The number of hydroxylamine groups is 1. The number of nitrogens with one attached hydrogen (secondary N) is 1. The number of ether oxygens (including phenoxy) is 1. The smallest absolute Gasteiger partial charge is 0.324 e. The van der Waals surface area contributed by atoms with E-state index in [1.54, 1.807) is 0 Å². The summed E-state index contributed by atoms with van der Waals surface area (Å²) in [4.78, 5) is 28.9. The highest BCUT2D eigenvalue weighted by Crippen LogP contribution is 2.15. The van der Waals surface area contributed by atoms with Gasteiger partial charge in [0.15, 0.2) is 0 Å². The fourth-order valence-corrected chi connectivity index (χ4v) is 3.81. The quantitative estimate of drug-likeness (QED) is 0.0563. The molecule has 0 saturated heterocycles. The Morgan fingerprint density at radius 3 is 1.71 bits per heavy atom. The average Bonchev–Trinajstić information content (AvgIpc) is 2.86. The molecule has 0 aliphatic carbocycles. The zero-order valence-electron chi connectivity index (χ0n) is 21.7. The second-order valence-corrected chi connectivity index (χ2v) is 9.13. The predicted molar refractivity (Wildman–Crippen MR) is 144 cm³/mol. The molecule has 0 unspecified atom stereocenters. The molecule has 196 valence electrons. The molecule has 35 heavy (non-hydrogen) atoms. The van der Waals surface area contributed by atoms with Gasteiger partial charge >= 0.3 is 11.9 Å². The lowest BCUT2D eigenvalue weighted by atomic mass is 10.1. The molecule has 0 radical (unpaired) electrons. The average molecular weight is 486 g/mol. The molecule has 1 aromatic carbocycles. The van der Waals surface area contributed by atoms with Gasteiger partial charge in [-0.05, 0) is 62.6 Å². The molecular formula is C30H47NO4. The number of unbranched alkanes of at least 4 members (excludes halogenated alkanes) is 12. The maximum atomic E-state index is 12.0. The van der Waals surface area contributed by atoms with Gasteiger partial charge in [-0.25, -0.2) is 0 Å². The van der Waals surface area contributed by atoms with Crippen molar-refractivity contribution in [3.05, 3.63) is 55.1 Å². The maximum absolute atomic E-state index is 12.0. The van der Waals surface area contributed by atoms with Crippen LogP contribution in [-0.4, -0.2) is 18.5 Å². The highest BCUT2D eigenvalue weighted by molar-refractivity contribution is 5.72. The first-order chi connectivity index (χ1) is 17.2. The number of hydrogen-bond acceptors (Lipinski definition) is 5. The monoisotopic (exact) mass is 485 g/mol. The Kier molecular flexibility index (Phi) is 19.3. The van der Waals surface area contributed by atoms with Crippen molar-refractivity contribution in [2.45, 2.75) is 109 Å². The van der Waals surface area contributed by atoms with E-state index in [1.807, 2.05) is 36.4 Å². The molecule has 5 nitrogen and oxygen atoms in total. The molecule has 1 rings (SSSR count). The van der Waals surface area contributed by atoms with Gasteiger partial charge in [-0.15, -0.1) is 13.2 Å². The third-order valence-electron chi connectivity index (χ3n) is 5.94. The lowest BCUT2D eigenvalue weighted by molar-refractivity contribution is -0.151. The molecule has 1 aromatic rings. The van der Waals surface area contributed by atoms with Crippen molar-refractivity contribution >= 4 is 11.9 Å². The lowest BCUT2D eigenvalue weighted by Crippen LogP contribution is -2.22. The first-order valence-electron chi connectivity index (χ1n) is 13.6. The fraction of sp³-hybridized carbons (Fsp3) is 0.600. The number of carbonyl (C=O) groups is 2. The molecule has 0 aromatic heterocycles. The summed E-state index contributed by atoms with van der Waals surface area (Å²) in [6.07, 6.45) is 21.3. The standard InChI is InChI=1S/C30H47NO4/c1-3-5-7-9-11-13-15-17-19-29(32)34-28-23-21-27(22-24-28)25-26-31-35-30(33)20-18-16-14-12-10-8-6-4-2/h3-4,21-24,31H,1-2,5-20,25-26H2. The van der Waals surface area contributed by atoms with Crippen LogP contribution in [0, 0.1) is 0 Å². The molecule has 0 saturated carbocycles. The summed E-state index contributed by atoms with van der Waals surface area (Å²) in [5, 5.41) is 0. The van der Waals surface area contributed by atoms with E-state index < -0.39 is 0 Å². The summed E-state index contributed by atoms with van der Waals surface area (Å²) in [5.41, 5.74) is 3.84. The van der Waals surface area contributed by atoms with Crippen LogP contribution in [0.1, 0.15) is 108 Å². The molecule has 0 spiro atoms. The van der Waals surface area contributed by atoms with Crippen LogP contribution in [0.5, 0.6) is 5.75 Å². The molecule has 1 N–H and O–H groups in total. The van der Waals surface area contributed by atoms with Crippen LogP contribution in [0.3, 0.4) is 0 Å². The third kappa shape index (κ3) is 18.6. The number of hydrogen-bond donors (Lipinski definition) is 1.